The first-order valence-corrected chi connectivity index (χ1v) is 10.3. The summed E-state index contributed by atoms with van der Waals surface area (Å²) in [6.45, 7) is 3.86. The van der Waals surface area contributed by atoms with E-state index in [2.05, 4.69) is 62.7 Å². The van der Waals surface area contributed by atoms with Crippen molar-refractivity contribution in [2.24, 2.45) is 0 Å². The first kappa shape index (κ1) is 18.1. The number of halogens is 1. The Kier molecular flexibility index (Phi) is 5.38. The maximum atomic E-state index is 10.7. The van der Waals surface area contributed by atoms with Gasteiger partial charge in [-0.15, -0.1) is 0 Å². The molecule has 0 aromatic heterocycles. The van der Waals surface area contributed by atoms with Crippen LogP contribution in [-0.4, -0.2) is 55.4 Å². The van der Waals surface area contributed by atoms with Crippen LogP contribution in [0, 0.1) is 3.57 Å². The molecular weight excluding hydrogens is 439 g/mol. The third-order valence-electron chi connectivity index (χ3n) is 5.71. The molecule has 0 bridgehead atoms. The molecule has 4 rings (SSSR count). The third-order valence-corrected chi connectivity index (χ3v) is 6.72. The maximum absolute atomic E-state index is 10.7. The lowest BCUT2D eigenvalue weighted by Gasteiger charge is -2.44. The number of nitrogens with zero attached hydrogens (tertiary/aromatic N) is 2. The fourth-order valence-corrected chi connectivity index (χ4v) is 5.06. The highest BCUT2D eigenvalue weighted by atomic mass is 127. The molecule has 5 heteroatoms. The highest BCUT2D eigenvalue weighted by molar-refractivity contribution is 14.1. The van der Waals surface area contributed by atoms with Crippen LogP contribution in [-0.2, 0) is 12.8 Å². The van der Waals surface area contributed by atoms with Gasteiger partial charge in [-0.3, -0.25) is 4.90 Å². The fourth-order valence-electron chi connectivity index (χ4n) is 4.29. The van der Waals surface area contributed by atoms with Crippen molar-refractivity contribution in [3.63, 3.8) is 0 Å². The van der Waals surface area contributed by atoms with E-state index in [0.29, 0.717) is 0 Å². The minimum atomic E-state index is -0.279. The molecule has 1 fully saturated rings. The van der Waals surface area contributed by atoms with Crippen LogP contribution in [0.4, 0.5) is 5.69 Å². The van der Waals surface area contributed by atoms with E-state index < -0.39 is 0 Å². The predicted octanol–water partition coefficient (Wildman–Crippen LogP) is 2.95. The monoisotopic (exact) mass is 464 g/mol. The number of benzene rings is 2. The van der Waals surface area contributed by atoms with Gasteiger partial charge in [0.05, 0.1) is 18.9 Å². The summed E-state index contributed by atoms with van der Waals surface area (Å²) in [4.78, 5) is 4.87. The quantitative estimate of drug-likeness (QED) is 0.709. The first-order chi connectivity index (χ1) is 12.7. The van der Waals surface area contributed by atoms with E-state index in [1.165, 1.54) is 20.4 Å². The average molecular weight is 464 g/mol. The Morgan fingerprint density at radius 2 is 1.77 bits per heavy atom. The Balaban J connectivity index is 1.46. The number of fused-ring (bicyclic) bond motifs is 1. The topological polar surface area (TPSA) is 35.9 Å². The minimum Gasteiger partial charge on any atom is -0.495 e. The SMILES string of the molecule is COc1ccccc1N1CCN(C2Cc3c(I)cccc3CC2O)CC1. The van der Waals surface area contributed by atoms with E-state index >= 15 is 0 Å². The van der Waals surface area contributed by atoms with Gasteiger partial charge in [0.1, 0.15) is 5.75 Å². The number of piperazine rings is 1. The van der Waals surface area contributed by atoms with Crippen molar-refractivity contribution in [2.75, 3.05) is 38.2 Å². The Labute approximate surface area is 168 Å². The lowest BCUT2D eigenvalue weighted by molar-refractivity contribution is 0.0393. The molecule has 2 aromatic rings. The Bertz CT molecular complexity index is 774. The van der Waals surface area contributed by atoms with Crippen molar-refractivity contribution < 1.29 is 9.84 Å². The van der Waals surface area contributed by atoms with E-state index in [0.717, 1.165) is 44.8 Å². The summed E-state index contributed by atoms with van der Waals surface area (Å²) in [5.41, 5.74) is 3.91. The number of hydrogen-bond acceptors (Lipinski definition) is 4. The zero-order valence-corrected chi connectivity index (χ0v) is 17.2. The van der Waals surface area contributed by atoms with Gasteiger partial charge in [-0.25, -0.2) is 0 Å². The van der Waals surface area contributed by atoms with Crippen molar-refractivity contribution >= 4 is 28.3 Å². The second-order valence-corrected chi connectivity index (χ2v) is 8.28. The smallest absolute Gasteiger partial charge is 0.142 e. The highest BCUT2D eigenvalue weighted by Gasteiger charge is 2.34. The van der Waals surface area contributed by atoms with Gasteiger partial charge in [0.2, 0.25) is 0 Å². The largest absolute Gasteiger partial charge is 0.495 e. The number of rotatable bonds is 3. The van der Waals surface area contributed by atoms with E-state index in [9.17, 15) is 5.11 Å². The second kappa shape index (κ2) is 7.74. The van der Waals surface area contributed by atoms with Crippen LogP contribution in [0.5, 0.6) is 5.75 Å². The van der Waals surface area contributed by atoms with Crippen molar-refractivity contribution in [3.8, 4) is 5.75 Å². The van der Waals surface area contributed by atoms with Gasteiger partial charge in [-0.2, -0.15) is 0 Å². The van der Waals surface area contributed by atoms with E-state index in [1.807, 2.05) is 12.1 Å². The van der Waals surface area contributed by atoms with Gasteiger partial charge in [-0.1, -0.05) is 24.3 Å². The molecule has 0 radical (unpaired) electrons. The maximum Gasteiger partial charge on any atom is 0.142 e. The first-order valence-electron chi connectivity index (χ1n) is 9.23. The van der Waals surface area contributed by atoms with Crippen LogP contribution >= 0.6 is 22.6 Å². The van der Waals surface area contributed by atoms with E-state index in [4.69, 9.17) is 4.74 Å². The van der Waals surface area contributed by atoms with Crippen LogP contribution < -0.4 is 9.64 Å². The van der Waals surface area contributed by atoms with Crippen LogP contribution in [0.3, 0.4) is 0 Å². The molecule has 2 aliphatic rings. The zero-order valence-electron chi connectivity index (χ0n) is 15.1. The number of para-hydroxylation sites is 2. The Morgan fingerprint density at radius 1 is 1.00 bits per heavy atom. The van der Waals surface area contributed by atoms with Gasteiger partial charge in [0.15, 0.2) is 0 Å². The normalized spacial score (nSPS) is 23.6. The number of ether oxygens (including phenoxy) is 1. The fraction of sp³-hybridized carbons (Fsp3) is 0.429. The van der Waals surface area contributed by atoms with Gasteiger partial charge >= 0.3 is 0 Å². The number of hydrogen-bond donors (Lipinski definition) is 1. The summed E-state index contributed by atoms with van der Waals surface area (Å²) >= 11 is 2.43. The molecule has 0 saturated carbocycles. The van der Waals surface area contributed by atoms with Crippen molar-refractivity contribution in [1.29, 1.82) is 0 Å². The van der Waals surface area contributed by atoms with Gasteiger partial charge < -0.3 is 14.7 Å². The molecular formula is C21H25IN2O2. The number of anilines is 1. The van der Waals surface area contributed by atoms with E-state index in [1.54, 1.807) is 7.11 Å². The van der Waals surface area contributed by atoms with Crippen molar-refractivity contribution in [3.05, 3.63) is 57.2 Å². The van der Waals surface area contributed by atoms with Gasteiger partial charge in [-0.05, 0) is 58.3 Å². The molecule has 2 unspecified atom stereocenters. The molecule has 26 heavy (non-hydrogen) atoms. The molecule has 0 amide bonds. The molecule has 1 saturated heterocycles. The van der Waals surface area contributed by atoms with Crippen molar-refractivity contribution in [1.82, 2.24) is 4.90 Å². The molecule has 1 aliphatic carbocycles. The predicted molar refractivity (Wildman–Crippen MR) is 113 cm³/mol. The van der Waals surface area contributed by atoms with Crippen LogP contribution in [0.15, 0.2) is 42.5 Å². The van der Waals surface area contributed by atoms with Gasteiger partial charge in [0.25, 0.3) is 0 Å². The molecule has 138 valence electrons. The van der Waals surface area contributed by atoms with Crippen LogP contribution in [0.25, 0.3) is 0 Å². The summed E-state index contributed by atoms with van der Waals surface area (Å²) in [5, 5.41) is 10.7. The number of aliphatic hydroxyl groups is 1. The molecule has 0 spiro atoms. The minimum absolute atomic E-state index is 0.221. The molecule has 2 aromatic carbocycles. The summed E-state index contributed by atoms with van der Waals surface area (Å²) in [6.07, 6.45) is 1.44. The summed E-state index contributed by atoms with van der Waals surface area (Å²) in [6, 6.07) is 14.9. The lowest BCUT2D eigenvalue weighted by Crippen LogP contribution is -2.56. The molecule has 1 aliphatic heterocycles. The van der Waals surface area contributed by atoms with Crippen LogP contribution in [0.1, 0.15) is 11.1 Å². The average Bonchev–Trinajstić information content (AvgIpc) is 2.68. The standard InChI is InChI=1S/C21H25IN2O2/c1-26-21-8-3-2-7-18(21)23-9-11-24(12-10-23)19-14-16-15(13-20(19)25)5-4-6-17(16)22/h2-8,19-20,25H,9-14H2,1H3. The summed E-state index contributed by atoms with van der Waals surface area (Å²) < 4.78 is 6.84. The summed E-state index contributed by atoms with van der Waals surface area (Å²) in [7, 11) is 1.73. The Hall–Kier alpha value is -1.31. The Morgan fingerprint density at radius 3 is 2.54 bits per heavy atom. The number of aliphatic hydroxyl groups excluding tert-OH is 1. The highest BCUT2D eigenvalue weighted by Crippen LogP contribution is 2.31. The van der Waals surface area contributed by atoms with Gasteiger partial charge in [0, 0.05) is 42.2 Å². The molecule has 1 N–H and O–H groups in total. The summed E-state index contributed by atoms with van der Waals surface area (Å²) in [5.74, 6) is 0.933. The lowest BCUT2D eigenvalue weighted by atomic mass is 9.85. The second-order valence-electron chi connectivity index (χ2n) is 7.12. The zero-order chi connectivity index (χ0) is 18.1. The third kappa shape index (κ3) is 3.44. The molecule has 1 heterocycles. The number of methoxy groups -OCH3 is 1. The molecule has 4 nitrogen and oxygen atoms in total. The van der Waals surface area contributed by atoms with Crippen molar-refractivity contribution in [2.45, 2.75) is 25.0 Å². The molecule has 2 atom stereocenters. The van der Waals surface area contributed by atoms with Crippen LogP contribution in [0.2, 0.25) is 0 Å². The van der Waals surface area contributed by atoms with E-state index in [-0.39, 0.29) is 12.1 Å².